The lowest BCUT2D eigenvalue weighted by molar-refractivity contribution is -0.0383. The number of carbonyl (C=O) groups excluding carboxylic acids is 2. The van der Waals surface area contributed by atoms with Gasteiger partial charge in [-0.25, -0.2) is 4.79 Å². The summed E-state index contributed by atoms with van der Waals surface area (Å²) in [7, 11) is 3.16. The van der Waals surface area contributed by atoms with Crippen molar-refractivity contribution in [1.82, 2.24) is 5.32 Å². The molecule has 0 fully saturated rings. The zero-order valence-corrected chi connectivity index (χ0v) is 18.4. The van der Waals surface area contributed by atoms with E-state index in [2.05, 4.69) is 10.6 Å². The minimum Gasteiger partial charge on any atom is -0.493 e. The standard InChI is InChI=1S/C21H27N3O5S/c1-21(2)10-13-16(11-29-21)30-19(17(13)18(22)25)24-20(26)23-8-7-12-5-6-14(27-3)15(9-12)28-4/h5-6,9H,7-8,10-11H2,1-4H3,(H2,22,25)(H2,23,24,26). The summed E-state index contributed by atoms with van der Waals surface area (Å²) in [6.45, 7) is 4.74. The number of methoxy groups -OCH3 is 2. The highest BCUT2D eigenvalue weighted by Crippen LogP contribution is 2.40. The summed E-state index contributed by atoms with van der Waals surface area (Å²) < 4.78 is 16.3. The SMILES string of the molecule is COc1ccc(CCNC(=O)Nc2sc3c(c2C(N)=O)CC(C)(C)OC3)cc1OC. The van der Waals surface area contributed by atoms with Crippen molar-refractivity contribution in [1.29, 1.82) is 0 Å². The maximum atomic E-state index is 12.4. The third-order valence-corrected chi connectivity index (χ3v) is 6.03. The van der Waals surface area contributed by atoms with Crippen LogP contribution in [0.1, 0.15) is 40.2 Å². The van der Waals surface area contributed by atoms with E-state index in [1.807, 2.05) is 32.0 Å². The van der Waals surface area contributed by atoms with Gasteiger partial charge in [0.25, 0.3) is 5.91 Å². The second kappa shape index (κ2) is 8.93. The van der Waals surface area contributed by atoms with Crippen LogP contribution in [0.4, 0.5) is 9.80 Å². The van der Waals surface area contributed by atoms with Crippen LogP contribution >= 0.6 is 11.3 Å². The van der Waals surface area contributed by atoms with Crippen molar-refractivity contribution in [2.75, 3.05) is 26.1 Å². The first-order chi connectivity index (χ1) is 14.2. The lowest BCUT2D eigenvalue weighted by Gasteiger charge is -2.30. The highest BCUT2D eigenvalue weighted by molar-refractivity contribution is 7.17. The van der Waals surface area contributed by atoms with Crippen LogP contribution < -0.4 is 25.8 Å². The molecule has 0 saturated carbocycles. The number of primary amides is 1. The Bertz CT molecular complexity index is 954. The van der Waals surface area contributed by atoms with Gasteiger partial charge in [-0.2, -0.15) is 0 Å². The summed E-state index contributed by atoms with van der Waals surface area (Å²) in [6, 6.07) is 5.23. The minimum absolute atomic E-state index is 0.376. The molecule has 0 unspecified atom stereocenters. The fourth-order valence-electron chi connectivity index (χ4n) is 3.41. The third kappa shape index (κ3) is 4.85. The fourth-order valence-corrected chi connectivity index (χ4v) is 4.54. The molecule has 8 nitrogen and oxygen atoms in total. The second-order valence-electron chi connectivity index (χ2n) is 7.62. The van der Waals surface area contributed by atoms with Gasteiger partial charge in [0.05, 0.1) is 32.0 Å². The van der Waals surface area contributed by atoms with E-state index >= 15 is 0 Å². The number of rotatable bonds is 7. The Morgan fingerprint density at radius 2 is 1.97 bits per heavy atom. The van der Waals surface area contributed by atoms with Crippen LogP contribution in [0.15, 0.2) is 18.2 Å². The van der Waals surface area contributed by atoms with E-state index in [1.54, 1.807) is 14.2 Å². The number of nitrogens with two attached hydrogens (primary N) is 1. The van der Waals surface area contributed by atoms with Crippen molar-refractivity contribution >= 4 is 28.3 Å². The number of urea groups is 1. The number of fused-ring (bicyclic) bond motifs is 1. The van der Waals surface area contributed by atoms with E-state index in [0.717, 1.165) is 16.0 Å². The first kappa shape index (κ1) is 21.9. The Morgan fingerprint density at radius 1 is 1.23 bits per heavy atom. The van der Waals surface area contributed by atoms with Gasteiger partial charge in [0, 0.05) is 17.8 Å². The summed E-state index contributed by atoms with van der Waals surface area (Å²) in [6.07, 6.45) is 1.18. The van der Waals surface area contributed by atoms with E-state index in [0.29, 0.717) is 48.1 Å². The predicted octanol–water partition coefficient (Wildman–Crippen LogP) is 3.08. The first-order valence-corrected chi connectivity index (χ1v) is 10.4. The molecule has 0 bridgehead atoms. The maximum Gasteiger partial charge on any atom is 0.319 e. The quantitative estimate of drug-likeness (QED) is 0.621. The summed E-state index contributed by atoms with van der Waals surface area (Å²) in [4.78, 5) is 25.4. The smallest absolute Gasteiger partial charge is 0.319 e. The lowest BCUT2D eigenvalue weighted by atomic mass is 9.93. The van der Waals surface area contributed by atoms with Gasteiger partial charge in [-0.1, -0.05) is 6.07 Å². The van der Waals surface area contributed by atoms with Crippen LogP contribution in [0.25, 0.3) is 0 Å². The topological polar surface area (TPSA) is 112 Å². The number of thiophene rings is 1. The molecular formula is C21H27N3O5S. The van der Waals surface area contributed by atoms with Gasteiger partial charge in [-0.15, -0.1) is 11.3 Å². The highest BCUT2D eigenvalue weighted by Gasteiger charge is 2.33. The Balaban J connectivity index is 1.63. The molecular weight excluding hydrogens is 406 g/mol. The number of amides is 3. The number of carbonyl (C=O) groups is 2. The van der Waals surface area contributed by atoms with Crippen molar-refractivity contribution < 1.29 is 23.8 Å². The van der Waals surface area contributed by atoms with Crippen molar-refractivity contribution in [3.05, 3.63) is 39.8 Å². The molecule has 1 aromatic carbocycles. The Morgan fingerprint density at radius 3 is 2.63 bits per heavy atom. The van der Waals surface area contributed by atoms with Gasteiger partial charge in [0.15, 0.2) is 11.5 Å². The van der Waals surface area contributed by atoms with E-state index < -0.39 is 11.9 Å². The normalized spacial score (nSPS) is 14.5. The number of ether oxygens (including phenoxy) is 3. The summed E-state index contributed by atoms with van der Waals surface area (Å²) in [5, 5.41) is 6.04. The average Bonchev–Trinajstić information content (AvgIpc) is 3.03. The zero-order chi connectivity index (χ0) is 21.9. The van der Waals surface area contributed by atoms with Crippen LogP contribution in [-0.4, -0.2) is 38.3 Å². The molecule has 0 atom stereocenters. The van der Waals surface area contributed by atoms with E-state index in [1.165, 1.54) is 11.3 Å². The molecule has 1 aromatic heterocycles. The van der Waals surface area contributed by atoms with Crippen LogP contribution in [0.3, 0.4) is 0 Å². The van der Waals surface area contributed by atoms with E-state index in [-0.39, 0.29) is 5.60 Å². The molecule has 0 saturated heterocycles. The van der Waals surface area contributed by atoms with Gasteiger partial charge >= 0.3 is 6.03 Å². The second-order valence-corrected chi connectivity index (χ2v) is 8.72. The molecule has 30 heavy (non-hydrogen) atoms. The summed E-state index contributed by atoms with van der Waals surface area (Å²) in [5.41, 5.74) is 7.47. The monoisotopic (exact) mass is 433 g/mol. The Kier molecular flexibility index (Phi) is 6.52. The Hall–Kier alpha value is -2.78. The number of hydrogen-bond donors (Lipinski definition) is 3. The molecule has 162 valence electrons. The van der Waals surface area contributed by atoms with Gasteiger partial charge < -0.3 is 25.3 Å². The van der Waals surface area contributed by atoms with Crippen LogP contribution in [0, 0.1) is 0 Å². The average molecular weight is 434 g/mol. The molecule has 3 amide bonds. The maximum absolute atomic E-state index is 12.4. The third-order valence-electron chi connectivity index (χ3n) is 4.91. The first-order valence-electron chi connectivity index (χ1n) is 9.58. The number of benzene rings is 1. The van der Waals surface area contributed by atoms with Crippen LogP contribution in [0.5, 0.6) is 11.5 Å². The zero-order valence-electron chi connectivity index (χ0n) is 17.6. The Labute approximate surface area is 179 Å². The number of nitrogens with one attached hydrogen (secondary N) is 2. The van der Waals surface area contributed by atoms with Gasteiger partial charge in [-0.05, 0) is 43.5 Å². The molecule has 4 N–H and O–H groups in total. The summed E-state index contributed by atoms with van der Waals surface area (Å²) >= 11 is 1.33. The highest BCUT2D eigenvalue weighted by atomic mass is 32.1. The van der Waals surface area contributed by atoms with Gasteiger partial charge in [0.1, 0.15) is 5.00 Å². The predicted molar refractivity (Wildman–Crippen MR) is 116 cm³/mol. The van der Waals surface area contributed by atoms with Crippen molar-refractivity contribution in [3.63, 3.8) is 0 Å². The molecule has 9 heteroatoms. The molecule has 0 radical (unpaired) electrons. The molecule has 1 aliphatic rings. The van der Waals surface area contributed by atoms with Crippen LogP contribution in [-0.2, 0) is 24.2 Å². The number of anilines is 1. The summed E-state index contributed by atoms with van der Waals surface area (Å²) in [5.74, 6) is 0.741. The van der Waals surface area contributed by atoms with Gasteiger partial charge in [0.2, 0.25) is 0 Å². The van der Waals surface area contributed by atoms with Crippen molar-refractivity contribution in [3.8, 4) is 11.5 Å². The van der Waals surface area contributed by atoms with E-state index in [9.17, 15) is 9.59 Å². The van der Waals surface area contributed by atoms with Gasteiger partial charge in [-0.3, -0.25) is 10.1 Å². The molecule has 0 spiro atoms. The molecule has 0 aliphatic carbocycles. The van der Waals surface area contributed by atoms with Crippen molar-refractivity contribution in [2.45, 2.75) is 38.9 Å². The molecule has 3 rings (SSSR count). The minimum atomic E-state index is -0.550. The van der Waals surface area contributed by atoms with E-state index in [4.69, 9.17) is 19.9 Å². The fraction of sp³-hybridized carbons (Fsp3) is 0.429. The lowest BCUT2D eigenvalue weighted by Crippen LogP contribution is -2.33. The molecule has 1 aliphatic heterocycles. The largest absolute Gasteiger partial charge is 0.493 e. The molecule has 2 heterocycles. The van der Waals surface area contributed by atoms with Crippen molar-refractivity contribution in [2.24, 2.45) is 5.73 Å². The number of hydrogen-bond acceptors (Lipinski definition) is 6. The van der Waals surface area contributed by atoms with Crippen LogP contribution in [0.2, 0.25) is 0 Å². The molecule has 2 aromatic rings.